The topological polar surface area (TPSA) is 33.1 Å². The predicted octanol–water partition coefficient (Wildman–Crippen LogP) is 3.20. The number of nitrogens with zero attached hydrogens (tertiary/aromatic N) is 1. The van der Waals surface area contributed by atoms with Gasteiger partial charge < -0.3 is 5.11 Å². The van der Waals surface area contributed by atoms with Crippen LogP contribution in [0, 0.1) is 5.92 Å². The molecule has 2 unspecified atom stereocenters. The fourth-order valence-electron chi connectivity index (χ4n) is 1.50. The maximum Gasteiger partial charge on any atom is 0.1000 e. The summed E-state index contributed by atoms with van der Waals surface area (Å²) in [7, 11) is 0. The molecule has 1 aromatic heterocycles. The van der Waals surface area contributed by atoms with Gasteiger partial charge in [-0.25, -0.2) is 0 Å². The number of aliphatic hydroxyl groups is 1. The molecule has 1 heterocycles. The molecule has 2 atom stereocenters. The summed E-state index contributed by atoms with van der Waals surface area (Å²) in [6, 6.07) is 3.52. The van der Waals surface area contributed by atoms with Crippen molar-refractivity contribution in [3.8, 4) is 0 Å². The molecule has 0 aromatic carbocycles. The Hall–Kier alpha value is -0.600. The van der Waals surface area contributed by atoms with Crippen molar-refractivity contribution < 1.29 is 5.11 Å². The van der Waals surface area contributed by atoms with Crippen molar-refractivity contribution in [3.05, 3.63) is 29.0 Å². The quantitative estimate of drug-likeness (QED) is 0.833. The first-order valence-electron chi connectivity index (χ1n) is 4.95. The van der Waals surface area contributed by atoms with Crippen LogP contribution in [0.3, 0.4) is 0 Å². The van der Waals surface area contributed by atoms with Gasteiger partial charge in [-0.15, -0.1) is 0 Å². The average Bonchev–Trinajstić information content (AvgIpc) is 2.18. The van der Waals surface area contributed by atoms with E-state index in [1.807, 2.05) is 6.92 Å². The minimum absolute atomic E-state index is 0.201. The van der Waals surface area contributed by atoms with Crippen LogP contribution < -0.4 is 0 Å². The highest BCUT2D eigenvalue weighted by atomic mass is 35.5. The van der Waals surface area contributed by atoms with E-state index in [2.05, 4.69) is 11.9 Å². The Labute approximate surface area is 89.9 Å². The smallest absolute Gasteiger partial charge is 0.1000 e. The molecule has 2 nitrogen and oxygen atoms in total. The molecule has 0 aliphatic heterocycles. The lowest BCUT2D eigenvalue weighted by atomic mass is 9.97. The molecule has 0 bridgehead atoms. The molecule has 0 spiro atoms. The number of rotatable bonds is 4. The van der Waals surface area contributed by atoms with E-state index >= 15 is 0 Å². The van der Waals surface area contributed by atoms with Crippen LogP contribution in [0.2, 0.25) is 5.02 Å². The molecule has 0 radical (unpaired) electrons. The van der Waals surface area contributed by atoms with E-state index in [1.54, 1.807) is 18.3 Å². The second-order valence-electron chi connectivity index (χ2n) is 3.58. The van der Waals surface area contributed by atoms with E-state index < -0.39 is 6.10 Å². The molecule has 1 rings (SSSR count). The number of hydrogen-bond acceptors (Lipinski definition) is 2. The molecule has 0 amide bonds. The molecule has 78 valence electrons. The summed E-state index contributed by atoms with van der Waals surface area (Å²) in [6.07, 6.45) is 3.14. The van der Waals surface area contributed by atoms with E-state index in [-0.39, 0.29) is 5.92 Å². The van der Waals surface area contributed by atoms with Gasteiger partial charge in [0, 0.05) is 6.20 Å². The molecule has 0 fully saturated rings. The van der Waals surface area contributed by atoms with Gasteiger partial charge in [-0.1, -0.05) is 31.9 Å². The monoisotopic (exact) mass is 213 g/mol. The Morgan fingerprint density at radius 1 is 1.57 bits per heavy atom. The predicted molar refractivity (Wildman–Crippen MR) is 58.3 cm³/mol. The van der Waals surface area contributed by atoms with Crippen LogP contribution in [0.1, 0.15) is 38.5 Å². The maximum absolute atomic E-state index is 9.95. The standard InChI is InChI=1S/C11H16ClNO/c1-3-5-8(2)11(14)10-9(12)6-4-7-13-10/h4,6-8,11,14H,3,5H2,1-2H3. The van der Waals surface area contributed by atoms with Gasteiger partial charge in [0.1, 0.15) is 0 Å². The molecule has 1 N–H and O–H groups in total. The summed E-state index contributed by atoms with van der Waals surface area (Å²) in [5.41, 5.74) is 0.593. The zero-order valence-electron chi connectivity index (χ0n) is 8.57. The van der Waals surface area contributed by atoms with Crippen LogP contribution in [-0.2, 0) is 0 Å². The minimum Gasteiger partial charge on any atom is -0.386 e. The van der Waals surface area contributed by atoms with E-state index in [9.17, 15) is 5.11 Å². The second kappa shape index (κ2) is 5.32. The Balaban J connectivity index is 2.78. The lowest BCUT2D eigenvalue weighted by molar-refractivity contribution is 0.108. The van der Waals surface area contributed by atoms with Crippen LogP contribution in [0.5, 0.6) is 0 Å². The van der Waals surface area contributed by atoms with Gasteiger partial charge in [-0.3, -0.25) is 4.98 Å². The lowest BCUT2D eigenvalue weighted by Gasteiger charge is -2.18. The molecule has 1 aromatic rings. The Kier molecular flexibility index (Phi) is 4.36. The summed E-state index contributed by atoms with van der Waals surface area (Å²) in [5, 5.41) is 10.5. The van der Waals surface area contributed by atoms with Crippen molar-refractivity contribution in [1.29, 1.82) is 0 Å². The Morgan fingerprint density at radius 2 is 2.29 bits per heavy atom. The number of aromatic nitrogens is 1. The van der Waals surface area contributed by atoms with Crippen molar-refractivity contribution in [2.24, 2.45) is 5.92 Å². The van der Waals surface area contributed by atoms with Crippen molar-refractivity contribution in [1.82, 2.24) is 4.98 Å². The summed E-state index contributed by atoms with van der Waals surface area (Å²) < 4.78 is 0. The molecule has 0 saturated heterocycles. The minimum atomic E-state index is -0.552. The van der Waals surface area contributed by atoms with Crippen LogP contribution in [0.4, 0.5) is 0 Å². The Bertz CT molecular complexity index is 290. The SMILES string of the molecule is CCCC(C)C(O)c1ncccc1Cl. The number of aliphatic hydroxyl groups excluding tert-OH is 1. The van der Waals surface area contributed by atoms with Gasteiger partial charge in [-0.05, 0) is 24.5 Å². The molecule has 14 heavy (non-hydrogen) atoms. The third kappa shape index (κ3) is 2.69. The number of hydrogen-bond donors (Lipinski definition) is 1. The zero-order valence-corrected chi connectivity index (χ0v) is 9.33. The molecule has 0 saturated carbocycles. The summed E-state index contributed by atoms with van der Waals surface area (Å²) in [5.74, 6) is 0.201. The highest BCUT2D eigenvalue weighted by molar-refractivity contribution is 6.31. The summed E-state index contributed by atoms with van der Waals surface area (Å²) in [4.78, 5) is 4.10. The zero-order chi connectivity index (χ0) is 10.6. The van der Waals surface area contributed by atoms with Gasteiger partial charge in [0.2, 0.25) is 0 Å². The van der Waals surface area contributed by atoms with Gasteiger partial charge in [-0.2, -0.15) is 0 Å². The van der Waals surface area contributed by atoms with Gasteiger partial charge >= 0.3 is 0 Å². The number of pyridine rings is 1. The highest BCUT2D eigenvalue weighted by Gasteiger charge is 2.18. The normalized spacial score (nSPS) is 15.1. The van der Waals surface area contributed by atoms with Crippen molar-refractivity contribution in [2.45, 2.75) is 32.8 Å². The third-order valence-electron chi connectivity index (χ3n) is 2.35. The van der Waals surface area contributed by atoms with E-state index in [1.165, 1.54) is 0 Å². The van der Waals surface area contributed by atoms with Crippen molar-refractivity contribution in [2.75, 3.05) is 0 Å². The maximum atomic E-state index is 9.95. The Morgan fingerprint density at radius 3 is 2.86 bits per heavy atom. The summed E-state index contributed by atoms with van der Waals surface area (Å²) >= 11 is 5.94. The molecular formula is C11H16ClNO. The van der Waals surface area contributed by atoms with E-state index in [0.717, 1.165) is 12.8 Å². The summed E-state index contributed by atoms with van der Waals surface area (Å²) in [6.45, 7) is 4.11. The molecular weight excluding hydrogens is 198 g/mol. The third-order valence-corrected chi connectivity index (χ3v) is 2.67. The first-order chi connectivity index (χ1) is 6.66. The van der Waals surface area contributed by atoms with Crippen molar-refractivity contribution in [3.63, 3.8) is 0 Å². The van der Waals surface area contributed by atoms with Gasteiger partial charge in [0.25, 0.3) is 0 Å². The van der Waals surface area contributed by atoms with Crippen LogP contribution >= 0.6 is 11.6 Å². The lowest BCUT2D eigenvalue weighted by Crippen LogP contribution is -2.11. The van der Waals surface area contributed by atoms with Crippen molar-refractivity contribution >= 4 is 11.6 Å². The van der Waals surface area contributed by atoms with Gasteiger partial charge in [0.05, 0.1) is 16.8 Å². The fraction of sp³-hybridized carbons (Fsp3) is 0.545. The van der Waals surface area contributed by atoms with Crippen LogP contribution in [0.15, 0.2) is 18.3 Å². The molecule has 0 aliphatic carbocycles. The first kappa shape index (κ1) is 11.5. The van der Waals surface area contributed by atoms with E-state index in [4.69, 9.17) is 11.6 Å². The average molecular weight is 214 g/mol. The second-order valence-corrected chi connectivity index (χ2v) is 3.99. The highest BCUT2D eigenvalue weighted by Crippen LogP contribution is 2.28. The van der Waals surface area contributed by atoms with E-state index in [0.29, 0.717) is 10.7 Å². The van der Waals surface area contributed by atoms with Crippen LogP contribution in [0.25, 0.3) is 0 Å². The number of halogens is 1. The van der Waals surface area contributed by atoms with Crippen LogP contribution in [-0.4, -0.2) is 10.1 Å². The fourth-order valence-corrected chi connectivity index (χ4v) is 1.73. The molecule has 3 heteroatoms. The largest absolute Gasteiger partial charge is 0.386 e. The first-order valence-corrected chi connectivity index (χ1v) is 5.33. The van der Waals surface area contributed by atoms with Gasteiger partial charge in [0.15, 0.2) is 0 Å². The molecule has 0 aliphatic rings.